The Balaban J connectivity index is 2.63. The number of rotatable bonds is 4. The molecule has 0 saturated carbocycles. The summed E-state index contributed by atoms with van der Waals surface area (Å²) in [5.74, 6) is 0. The van der Waals surface area contributed by atoms with Gasteiger partial charge in [-0.15, -0.1) is 0 Å². The van der Waals surface area contributed by atoms with Crippen LogP contribution in [0, 0.1) is 0 Å². The summed E-state index contributed by atoms with van der Waals surface area (Å²) in [4.78, 5) is 25.8. The lowest BCUT2D eigenvalue weighted by molar-refractivity contribution is 0.848. The van der Waals surface area contributed by atoms with Crippen LogP contribution in [0.25, 0.3) is 35.3 Å². The zero-order valence-corrected chi connectivity index (χ0v) is 13.5. The van der Waals surface area contributed by atoms with Crippen molar-refractivity contribution in [3.63, 3.8) is 0 Å². The molecular weight excluding hydrogens is 304 g/mol. The molecule has 0 saturated heterocycles. The van der Waals surface area contributed by atoms with Crippen molar-refractivity contribution in [1.29, 1.82) is 0 Å². The predicted octanol–water partition coefficient (Wildman–Crippen LogP) is 2.49. The Hall–Kier alpha value is -3.28. The first-order valence-electron chi connectivity index (χ1n) is 7.44. The maximum atomic E-state index is 12.9. The van der Waals surface area contributed by atoms with Crippen LogP contribution >= 0.6 is 0 Å². The monoisotopic (exact) mass is 320 g/mol. The fraction of sp³-hybridized carbons (Fsp3) is 0.111. The number of allylic oxidation sites excluding steroid dienone is 2. The standard InChI is InChI=1S/C18H16N4O2/c1-5-9-13-11(7-3)15-17(23)22-16(18(24)21(15)19-13)12(8-4)14(20-22)10-6-2/h5-10H,3-4H2,1-2H3/b9-5-,10-6-. The normalized spacial score (nSPS) is 12.1. The van der Waals surface area contributed by atoms with Gasteiger partial charge in [-0.1, -0.05) is 37.5 Å². The largest absolute Gasteiger partial charge is 0.298 e. The quantitative estimate of drug-likeness (QED) is 0.740. The van der Waals surface area contributed by atoms with Gasteiger partial charge in [0.25, 0.3) is 11.1 Å². The smallest absolute Gasteiger partial charge is 0.265 e. The van der Waals surface area contributed by atoms with Crippen LogP contribution in [-0.2, 0) is 0 Å². The van der Waals surface area contributed by atoms with Crippen LogP contribution in [0.15, 0.2) is 34.9 Å². The van der Waals surface area contributed by atoms with Gasteiger partial charge in [-0.2, -0.15) is 19.2 Å². The molecule has 0 bridgehead atoms. The van der Waals surface area contributed by atoms with E-state index in [2.05, 4.69) is 23.4 Å². The second kappa shape index (κ2) is 5.73. The van der Waals surface area contributed by atoms with Crippen molar-refractivity contribution in [2.75, 3.05) is 0 Å². The highest BCUT2D eigenvalue weighted by atomic mass is 16.2. The highest BCUT2D eigenvalue weighted by Crippen LogP contribution is 2.18. The molecule has 0 aliphatic carbocycles. The van der Waals surface area contributed by atoms with Crippen LogP contribution in [0.1, 0.15) is 36.4 Å². The zero-order valence-electron chi connectivity index (χ0n) is 13.5. The second-order valence-electron chi connectivity index (χ2n) is 5.14. The number of nitrogens with zero attached hydrogens (tertiary/aromatic N) is 4. The molecule has 6 heteroatoms. The lowest BCUT2D eigenvalue weighted by Crippen LogP contribution is -2.27. The molecule has 0 fully saturated rings. The molecule has 0 radical (unpaired) electrons. The van der Waals surface area contributed by atoms with Gasteiger partial charge in [0.2, 0.25) is 0 Å². The van der Waals surface area contributed by atoms with E-state index in [1.54, 1.807) is 24.3 Å². The number of fused-ring (bicyclic) bond motifs is 2. The molecule has 0 N–H and O–H groups in total. The van der Waals surface area contributed by atoms with Crippen molar-refractivity contribution in [2.45, 2.75) is 13.8 Å². The maximum absolute atomic E-state index is 12.9. The molecule has 3 heterocycles. The molecular formula is C18H16N4O2. The Morgan fingerprint density at radius 3 is 1.46 bits per heavy atom. The summed E-state index contributed by atoms with van der Waals surface area (Å²) < 4.78 is 2.25. The van der Waals surface area contributed by atoms with Crippen molar-refractivity contribution in [1.82, 2.24) is 19.2 Å². The first-order chi connectivity index (χ1) is 11.6. The molecule has 120 valence electrons. The fourth-order valence-corrected chi connectivity index (χ4v) is 2.76. The van der Waals surface area contributed by atoms with E-state index in [4.69, 9.17) is 0 Å². The second-order valence-corrected chi connectivity index (χ2v) is 5.14. The van der Waals surface area contributed by atoms with Gasteiger partial charge in [-0.05, 0) is 26.0 Å². The van der Waals surface area contributed by atoms with E-state index in [1.807, 2.05) is 13.8 Å². The summed E-state index contributed by atoms with van der Waals surface area (Å²) in [5, 5.41) is 8.53. The average molecular weight is 320 g/mol. The average Bonchev–Trinajstić information content (AvgIpc) is 3.12. The van der Waals surface area contributed by atoms with Crippen LogP contribution in [-0.4, -0.2) is 19.2 Å². The van der Waals surface area contributed by atoms with Gasteiger partial charge in [0.1, 0.15) is 11.0 Å². The van der Waals surface area contributed by atoms with E-state index in [-0.39, 0.29) is 11.0 Å². The minimum Gasteiger partial charge on any atom is -0.265 e. The topological polar surface area (TPSA) is 68.7 Å². The van der Waals surface area contributed by atoms with Gasteiger partial charge in [0.05, 0.1) is 11.4 Å². The van der Waals surface area contributed by atoms with Crippen LogP contribution in [0.4, 0.5) is 0 Å². The number of hydrogen-bond acceptors (Lipinski definition) is 4. The minimum absolute atomic E-state index is 0.167. The van der Waals surface area contributed by atoms with Gasteiger partial charge in [0, 0.05) is 11.1 Å². The molecule has 0 aliphatic heterocycles. The van der Waals surface area contributed by atoms with Gasteiger partial charge >= 0.3 is 0 Å². The van der Waals surface area contributed by atoms with Crippen molar-refractivity contribution in [3.05, 3.63) is 68.5 Å². The van der Waals surface area contributed by atoms with Crippen molar-refractivity contribution in [3.8, 4) is 0 Å². The summed E-state index contributed by atoms with van der Waals surface area (Å²) in [6, 6.07) is 0. The lowest BCUT2D eigenvalue weighted by Gasteiger charge is -1.96. The molecule has 6 nitrogen and oxygen atoms in total. The molecule has 0 amide bonds. The van der Waals surface area contributed by atoms with Gasteiger partial charge in [0.15, 0.2) is 0 Å². The Morgan fingerprint density at radius 2 is 1.17 bits per heavy atom. The first kappa shape index (κ1) is 15.6. The Kier molecular flexibility index (Phi) is 3.73. The van der Waals surface area contributed by atoms with E-state index < -0.39 is 11.1 Å². The van der Waals surface area contributed by atoms with Crippen molar-refractivity contribution in [2.24, 2.45) is 0 Å². The van der Waals surface area contributed by atoms with Gasteiger partial charge in [-0.3, -0.25) is 9.59 Å². The molecule has 0 spiro atoms. The van der Waals surface area contributed by atoms with Gasteiger partial charge in [-0.25, -0.2) is 0 Å². The highest BCUT2D eigenvalue weighted by molar-refractivity contribution is 5.79. The molecule has 3 rings (SSSR count). The summed E-state index contributed by atoms with van der Waals surface area (Å²) in [5.41, 5.74) is 1.57. The van der Waals surface area contributed by atoms with Gasteiger partial charge < -0.3 is 0 Å². The van der Waals surface area contributed by atoms with E-state index in [1.165, 1.54) is 12.2 Å². The predicted molar refractivity (Wildman–Crippen MR) is 97.3 cm³/mol. The van der Waals surface area contributed by atoms with Crippen molar-refractivity contribution < 1.29 is 0 Å². The number of aromatic nitrogens is 4. The van der Waals surface area contributed by atoms with E-state index >= 15 is 0 Å². The van der Waals surface area contributed by atoms with Crippen LogP contribution < -0.4 is 11.1 Å². The van der Waals surface area contributed by atoms with Crippen LogP contribution in [0.5, 0.6) is 0 Å². The Morgan fingerprint density at radius 1 is 0.792 bits per heavy atom. The SMILES string of the molecule is C=Cc1c(/C=C\C)nn2c(=O)c3c(C=C)c(/C=C\C)nn3c(=O)c12. The molecule has 3 aromatic rings. The van der Waals surface area contributed by atoms with E-state index in [9.17, 15) is 9.59 Å². The summed E-state index contributed by atoms with van der Waals surface area (Å²) in [6.45, 7) is 11.1. The molecule has 0 aromatic carbocycles. The van der Waals surface area contributed by atoms with E-state index in [0.717, 1.165) is 9.03 Å². The zero-order chi connectivity index (χ0) is 17.4. The highest BCUT2D eigenvalue weighted by Gasteiger charge is 2.21. The number of hydrogen-bond donors (Lipinski definition) is 0. The summed E-state index contributed by atoms with van der Waals surface area (Å²) in [7, 11) is 0. The minimum atomic E-state index is -0.415. The maximum Gasteiger partial charge on any atom is 0.298 e. The molecule has 0 aliphatic rings. The van der Waals surface area contributed by atoms with E-state index in [0.29, 0.717) is 22.5 Å². The van der Waals surface area contributed by atoms with Crippen molar-refractivity contribution >= 4 is 35.3 Å². The Bertz CT molecular complexity index is 1050. The summed E-state index contributed by atoms with van der Waals surface area (Å²) in [6.07, 6.45) is 10.1. The Labute approximate surface area is 137 Å². The third-order valence-electron chi connectivity index (χ3n) is 3.75. The summed E-state index contributed by atoms with van der Waals surface area (Å²) >= 11 is 0. The molecule has 3 aromatic heterocycles. The van der Waals surface area contributed by atoms with Crippen LogP contribution in [0.3, 0.4) is 0 Å². The molecule has 24 heavy (non-hydrogen) atoms. The van der Waals surface area contributed by atoms with Crippen LogP contribution in [0.2, 0.25) is 0 Å². The third-order valence-corrected chi connectivity index (χ3v) is 3.75. The molecule has 0 unspecified atom stereocenters. The first-order valence-corrected chi connectivity index (χ1v) is 7.44. The lowest BCUT2D eigenvalue weighted by atomic mass is 10.2. The fourth-order valence-electron chi connectivity index (χ4n) is 2.76. The molecule has 0 atom stereocenters. The third kappa shape index (κ3) is 1.96.